The molecule has 0 saturated heterocycles. The summed E-state index contributed by atoms with van der Waals surface area (Å²) in [6.45, 7) is 6.90. The number of rotatable bonds is 3. The van der Waals surface area contributed by atoms with Crippen LogP contribution in [0, 0.1) is 0 Å². The van der Waals surface area contributed by atoms with Gasteiger partial charge in [-0.1, -0.05) is 112 Å². The second kappa shape index (κ2) is 9.29. The molecule has 0 atom stereocenters. The van der Waals surface area contributed by atoms with Crippen LogP contribution in [0.1, 0.15) is 26.3 Å². The average Bonchev–Trinajstić information content (AvgIpc) is 3.01. The fourth-order valence-electron chi connectivity index (χ4n) is 6.59. The third kappa shape index (κ3) is 3.83. The molecule has 2 aliphatic heterocycles. The molecule has 42 heavy (non-hydrogen) atoms. The van der Waals surface area contributed by atoms with Crippen molar-refractivity contribution in [3.63, 3.8) is 0 Å². The van der Waals surface area contributed by atoms with Crippen LogP contribution in [-0.2, 0) is 5.41 Å². The molecule has 0 saturated carbocycles. The van der Waals surface area contributed by atoms with Gasteiger partial charge in [-0.05, 0) is 51.6 Å². The van der Waals surface area contributed by atoms with Crippen LogP contribution in [0.3, 0.4) is 0 Å². The number of fused-ring (bicyclic) bond motifs is 5. The zero-order valence-corrected chi connectivity index (χ0v) is 24.0. The highest BCUT2D eigenvalue weighted by Gasteiger charge is 2.40. The highest BCUT2D eigenvalue weighted by atomic mass is 16.5. The molecule has 8 rings (SSSR count). The third-order valence-corrected chi connectivity index (χ3v) is 8.48. The first-order valence-electron chi connectivity index (χ1n) is 14.6. The summed E-state index contributed by atoms with van der Waals surface area (Å²) in [7, 11) is 0. The van der Waals surface area contributed by atoms with Crippen LogP contribution in [0.5, 0.6) is 23.0 Å². The molecular formula is C38H30BNO2. The fraction of sp³-hybridized carbons (Fsp3) is 0.105. The lowest BCUT2D eigenvalue weighted by molar-refractivity contribution is 0.465. The van der Waals surface area contributed by atoms with Crippen molar-refractivity contribution in [2.45, 2.75) is 26.2 Å². The Hall–Kier alpha value is -4.96. The van der Waals surface area contributed by atoms with Crippen LogP contribution in [0.4, 0.5) is 17.1 Å². The van der Waals surface area contributed by atoms with Gasteiger partial charge in [-0.3, -0.25) is 0 Å². The maximum atomic E-state index is 6.68. The van der Waals surface area contributed by atoms with E-state index in [1.165, 1.54) is 32.9 Å². The van der Waals surface area contributed by atoms with E-state index < -0.39 is 0 Å². The molecular weight excluding hydrogens is 513 g/mol. The lowest BCUT2D eigenvalue weighted by Gasteiger charge is -2.36. The minimum Gasteiger partial charge on any atom is -0.458 e. The van der Waals surface area contributed by atoms with E-state index in [1.807, 2.05) is 12.1 Å². The molecule has 0 fully saturated rings. The molecule has 2 aliphatic rings. The van der Waals surface area contributed by atoms with Gasteiger partial charge in [-0.2, -0.15) is 0 Å². The van der Waals surface area contributed by atoms with Crippen molar-refractivity contribution in [3.8, 4) is 23.0 Å². The molecule has 4 heteroatoms. The second-order valence-electron chi connectivity index (χ2n) is 12.2. The highest BCUT2D eigenvalue weighted by molar-refractivity contribution is 6.98. The Morgan fingerprint density at radius 3 is 1.76 bits per heavy atom. The van der Waals surface area contributed by atoms with E-state index in [0.717, 1.165) is 39.8 Å². The smallest absolute Gasteiger partial charge is 0.260 e. The van der Waals surface area contributed by atoms with Gasteiger partial charge in [0, 0.05) is 28.7 Å². The summed E-state index contributed by atoms with van der Waals surface area (Å²) in [5, 5.41) is 2.41. The van der Waals surface area contributed by atoms with Crippen molar-refractivity contribution in [1.82, 2.24) is 0 Å². The van der Waals surface area contributed by atoms with Gasteiger partial charge in [0.15, 0.2) is 0 Å². The number of hydrogen-bond acceptors (Lipinski definition) is 3. The van der Waals surface area contributed by atoms with Gasteiger partial charge in [0.25, 0.3) is 6.71 Å². The molecule has 3 nitrogen and oxygen atoms in total. The van der Waals surface area contributed by atoms with Crippen LogP contribution < -0.4 is 30.8 Å². The highest BCUT2D eigenvalue weighted by Crippen LogP contribution is 2.47. The normalized spacial score (nSPS) is 13.0. The molecule has 0 unspecified atom stereocenters. The van der Waals surface area contributed by atoms with Gasteiger partial charge in [-0.15, -0.1) is 0 Å². The number of ether oxygens (including phenoxy) is 2. The predicted molar refractivity (Wildman–Crippen MR) is 175 cm³/mol. The Morgan fingerprint density at radius 1 is 0.548 bits per heavy atom. The molecule has 0 amide bonds. The van der Waals surface area contributed by atoms with Gasteiger partial charge >= 0.3 is 0 Å². The average molecular weight is 543 g/mol. The first kappa shape index (κ1) is 24.8. The van der Waals surface area contributed by atoms with Gasteiger partial charge in [0.2, 0.25) is 0 Å². The molecule has 6 aromatic carbocycles. The van der Waals surface area contributed by atoms with E-state index in [9.17, 15) is 0 Å². The Kier molecular flexibility index (Phi) is 5.49. The molecule has 0 aromatic heterocycles. The van der Waals surface area contributed by atoms with Crippen LogP contribution in [0.15, 0.2) is 127 Å². The number of hydrogen-bond donors (Lipinski definition) is 0. The van der Waals surface area contributed by atoms with Crippen LogP contribution >= 0.6 is 0 Å². The van der Waals surface area contributed by atoms with E-state index in [4.69, 9.17) is 9.47 Å². The van der Waals surface area contributed by atoms with Gasteiger partial charge in [0.1, 0.15) is 23.0 Å². The quantitative estimate of drug-likeness (QED) is 0.209. The van der Waals surface area contributed by atoms with E-state index in [1.54, 1.807) is 0 Å². The van der Waals surface area contributed by atoms with Crippen LogP contribution in [-0.4, -0.2) is 6.71 Å². The summed E-state index contributed by atoms with van der Waals surface area (Å²) in [5.41, 5.74) is 7.83. The number of para-hydroxylation sites is 3. The van der Waals surface area contributed by atoms with E-state index >= 15 is 0 Å². The lowest BCUT2D eigenvalue weighted by Crippen LogP contribution is -2.57. The second-order valence-corrected chi connectivity index (χ2v) is 12.2. The number of nitrogens with zero attached hydrogens (tertiary/aromatic N) is 1. The minimum atomic E-state index is -0.0924. The molecule has 6 aromatic rings. The summed E-state index contributed by atoms with van der Waals surface area (Å²) in [6.07, 6.45) is 0. The zero-order chi connectivity index (χ0) is 28.4. The first-order chi connectivity index (χ1) is 20.5. The Bertz CT molecular complexity index is 1920. The summed E-state index contributed by atoms with van der Waals surface area (Å²) in [5.74, 6) is 3.45. The Labute approximate surface area is 247 Å². The molecule has 0 radical (unpaired) electrons. The minimum absolute atomic E-state index is 0.0480. The van der Waals surface area contributed by atoms with Crippen LogP contribution in [0.2, 0.25) is 0 Å². The standard InChI is InChI=1S/C38H30BNO2/c1-38(2,3)29-22-21-25-13-7-8-16-28(25)37(29)40(26-14-5-4-6-15-26)27-23-34-36-35(24-27)42-33-20-12-10-18-31(33)39(36)30-17-9-11-19-32(30)41-34/h4-24H,1-3H3. The molecule has 0 spiro atoms. The van der Waals surface area contributed by atoms with Gasteiger partial charge in [0.05, 0.1) is 11.4 Å². The van der Waals surface area contributed by atoms with E-state index in [-0.39, 0.29) is 12.1 Å². The summed E-state index contributed by atoms with van der Waals surface area (Å²) >= 11 is 0. The van der Waals surface area contributed by atoms with Crippen molar-refractivity contribution in [3.05, 3.63) is 133 Å². The molecule has 0 aliphatic carbocycles. The Morgan fingerprint density at radius 2 is 1.12 bits per heavy atom. The zero-order valence-electron chi connectivity index (χ0n) is 24.0. The van der Waals surface area contributed by atoms with Gasteiger partial charge < -0.3 is 14.4 Å². The summed E-state index contributed by atoms with van der Waals surface area (Å²) in [6, 6.07) is 44.9. The molecule has 202 valence electrons. The lowest BCUT2D eigenvalue weighted by atomic mass is 9.35. The topological polar surface area (TPSA) is 21.7 Å². The number of benzene rings is 6. The van der Waals surface area contributed by atoms with E-state index in [0.29, 0.717) is 0 Å². The maximum Gasteiger partial charge on any atom is 0.260 e. The molecule has 2 heterocycles. The third-order valence-electron chi connectivity index (χ3n) is 8.48. The summed E-state index contributed by atoms with van der Waals surface area (Å²) in [4.78, 5) is 2.38. The summed E-state index contributed by atoms with van der Waals surface area (Å²) < 4.78 is 13.4. The monoisotopic (exact) mass is 543 g/mol. The Balaban J connectivity index is 1.43. The largest absolute Gasteiger partial charge is 0.458 e. The SMILES string of the molecule is CC(C)(C)c1ccc2ccccc2c1N(c1ccccc1)c1cc2c3c(c1)Oc1ccccc1B3c1ccccc1O2. The van der Waals surface area contributed by atoms with Crippen molar-refractivity contribution in [2.75, 3.05) is 4.90 Å². The maximum absolute atomic E-state index is 6.68. The first-order valence-corrected chi connectivity index (χ1v) is 14.6. The van der Waals surface area contributed by atoms with Crippen molar-refractivity contribution in [2.24, 2.45) is 0 Å². The van der Waals surface area contributed by atoms with Gasteiger partial charge in [-0.25, -0.2) is 0 Å². The van der Waals surface area contributed by atoms with E-state index in [2.05, 4.69) is 141 Å². The van der Waals surface area contributed by atoms with Crippen molar-refractivity contribution >= 4 is 50.9 Å². The fourth-order valence-corrected chi connectivity index (χ4v) is 6.59. The predicted octanol–water partition coefficient (Wildman–Crippen LogP) is 8.33. The van der Waals surface area contributed by atoms with Crippen molar-refractivity contribution < 1.29 is 9.47 Å². The number of anilines is 3. The van der Waals surface area contributed by atoms with Crippen molar-refractivity contribution in [1.29, 1.82) is 0 Å². The molecule has 0 bridgehead atoms. The molecule has 0 N–H and O–H groups in total. The van der Waals surface area contributed by atoms with Crippen LogP contribution in [0.25, 0.3) is 10.8 Å².